The largest absolute Gasteiger partial charge is 0.545 e. The molecule has 0 N–H and O–H groups in total. The highest BCUT2D eigenvalue weighted by Crippen LogP contribution is 2.18. The van der Waals surface area contributed by atoms with E-state index >= 15 is 0 Å². The van der Waals surface area contributed by atoms with Gasteiger partial charge in [0.1, 0.15) is 13.2 Å². The van der Waals surface area contributed by atoms with Crippen LogP contribution < -0.4 is 5.11 Å². The van der Waals surface area contributed by atoms with Crippen LogP contribution in [0.4, 0.5) is 0 Å². The minimum atomic E-state index is -1.63. The molecule has 0 rings (SSSR count). The minimum absolute atomic E-state index is 0.144. The van der Waals surface area contributed by atoms with Crippen molar-refractivity contribution in [2.75, 3.05) is 47.5 Å². The summed E-state index contributed by atoms with van der Waals surface area (Å²) in [6, 6.07) is 0. The van der Waals surface area contributed by atoms with E-state index < -0.39 is 24.3 Å². The molecule has 0 aliphatic rings. The van der Waals surface area contributed by atoms with Crippen molar-refractivity contribution in [1.29, 1.82) is 0 Å². The predicted octanol–water partition coefficient (Wildman–Crippen LogP) is 24.7. The lowest BCUT2D eigenvalue weighted by Crippen LogP contribution is -2.44. The summed E-state index contributed by atoms with van der Waals surface area (Å²) in [5.74, 6) is -2.27. The van der Waals surface area contributed by atoms with Gasteiger partial charge in [0.2, 0.25) is 0 Å². The Labute approximate surface area is 599 Å². The summed E-state index contributed by atoms with van der Waals surface area (Å²) in [6.07, 6.45) is 108. The molecule has 9 heteroatoms. The Balaban J connectivity index is 4.05. The second-order valence-corrected chi connectivity index (χ2v) is 28.0. The Morgan fingerprint density at radius 2 is 0.588 bits per heavy atom. The van der Waals surface area contributed by atoms with Crippen molar-refractivity contribution in [3.8, 4) is 0 Å². The quantitative estimate of drug-likeness (QED) is 0.0195. The summed E-state index contributed by atoms with van der Waals surface area (Å²) in [5.41, 5.74) is 0. The molecule has 97 heavy (non-hydrogen) atoms. The van der Waals surface area contributed by atoms with Gasteiger partial charge < -0.3 is 33.3 Å². The lowest BCUT2D eigenvalue weighted by molar-refractivity contribution is -0.870. The maximum absolute atomic E-state index is 13.0. The average Bonchev–Trinajstić information content (AvgIpc) is 2.39. The van der Waals surface area contributed by atoms with Gasteiger partial charge in [-0.15, -0.1) is 0 Å². The van der Waals surface area contributed by atoms with Crippen LogP contribution in [0, 0.1) is 0 Å². The summed E-state index contributed by atoms with van der Waals surface area (Å²) in [5, 5.41) is 11.9. The molecule has 0 fully saturated rings. The zero-order valence-electron chi connectivity index (χ0n) is 63.7. The fourth-order valence-electron chi connectivity index (χ4n) is 11.3. The monoisotopic (exact) mass is 1350 g/mol. The third-order valence-corrected chi connectivity index (χ3v) is 17.4. The molecule has 556 valence electrons. The summed E-state index contributed by atoms with van der Waals surface area (Å²) < 4.78 is 22.9. The fraction of sp³-hybridized carbons (Fsp3) is 0.716. The van der Waals surface area contributed by atoms with Gasteiger partial charge in [-0.05, 0) is 116 Å². The van der Waals surface area contributed by atoms with E-state index in [1.54, 1.807) is 0 Å². The van der Waals surface area contributed by atoms with Gasteiger partial charge in [-0.2, -0.15) is 0 Å². The lowest BCUT2D eigenvalue weighted by atomic mass is 10.0. The molecule has 2 atom stereocenters. The normalized spacial score (nSPS) is 13.4. The molecule has 0 saturated heterocycles. The number of quaternary nitrogens is 1. The van der Waals surface area contributed by atoms with Crippen LogP contribution in [0.1, 0.15) is 348 Å². The Hall–Kier alpha value is -4.57. The van der Waals surface area contributed by atoms with Crippen LogP contribution in [0.5, 0.6) is 0 Å². The number of unbranched alkanes of at least 4 members (excludes halogenated alkanes) is 37. The average molecular weight is 1350 g/mol. The Morgan fingerprint density at radius 1 is 0.320 bits per heavy atom. The molecule has 0 amide bonds. The van der Waals surface area contributed by atoms with Crippen molar-refractivity contribution in [3.05, 3.63) is 134 Å². The van der Waals surface area contributed by atoms with Crippen molar-refractivity contribution >= 4 is 17.9 Å². The Kier molecular flexibility index (Phi) is 73.5. The van der Waals surface area contributed by atoms with Gasteiger partial charge in [0.15, 0.2) is 12.4 Å². The second-order valence-electron chi connectivity index (χ2n) is 28.0. The number of carbonyl (C=O) groups excluding carboxylic acids is 3. The van der Waals surface area contributed by atoms with Crippen LogP contribution in [0.2, 0.25) is 0 Å². The number of nitrogens with zero attached hydrogens (tertiary/aromatic N) is 1. The number of carbonyl (C=O) groups is 3. The zero-order chi connectivity index (χ0) is 70.4. The molecular weight excluding hydrogens is 1200 g/mol. The van der Waals surface area contributed by atoms with E-state index in [1.165, 1.54) is 212 Å². The highest BCUT2D eigenvalue weighted by Gasteiger charge is 2.22. The van der Waals surface area contributed by atoms with Gasteiger partial charge in [-0.25, -0.2) is 0 Å². The molecule has 0 aromatic carbocycles. The van der Waals surface area contributed by atoms with Gasteiger partial charge in [-0.3, -0.25) is 9.59 Å². The van der Waals surface area contributed by atoms with Gasteiger partial charge in [0, 0.05) is 12.8 Å². The SMILES string of the molecule is CC/C=C\C/C=C\C/C=C\C/C=C\C/C=C\C/C=C\C/C=C\C/C=C\CCCCCCCCCCCCCCCCC(=O)OC(COC(=O)CCCCCCCCCCCCCCCCCCCC/C=C\C/C=C\C/C=C\CCCCCCC)COC(OCC[N+](C)(C)C)C(=O)[O-]. The Bertz CT molecular complexity index is 2060. The van der Waals surface area contributed by atoms with Crippen molar-refractivity contribution in [3.63, 3.8) is 0 Å². The summed E-state index contributed by atoms with van der Waals surface area (Å²) in [7, 11) is 5.94. The van der Waals surface area contributed by atoms with E-state index in [1.807, 2.05) is 21.1 Å². The molecule has 0 heterocycles. The van der Waals surface area contributed by atoms with Crippen molar-refractivity contribution in [2.24, 2.45) is 0 Å². The number of hydrogen-bond acceptors (Lipinski definition) is 8. The van der Waals surface area contributed by atoms with Gasteiger partial charge >= 0.3 is 11.9 Å². The van der Waals surface area contributed by atoms with E-state index in [2.05, 4.69) is 148 Å². The third-order valence-electron chi connectivity index (χ3n) is 17.4. The molecule has 0 aromatic rings. The van der Waals surface area contributed by atoms with Crippen LogP contribution in [-0.2, 0) is 33.3 Å². The smallest absolute Gasteiger partial charge is 0.306 e. The van der Waals surface area contributed by atoms with Crippen LogP contribution in [0.25, 0.3) is 0 Å². The van der Waals surface area contributed by atoms with E-state index in [9.17, 15) is 19.5 Å². The zero-order valence-corrected chi connectivity index (χ0v) is 63.7. The molecule has 9 nitrogen and oxygen atoms in total. The first-order chi connectivity index (χ1) is 47.6. The number of allylic oxidation sites excluding steroid dienone is 22. The first-order valence-corrected chi connectivity index (χ1v) is 40.3. The molecule has 0 aliphatic carbocycles. The van der Waals surface area contributed by atoms with Crippen LogP contribution >= 0.6 is 0 Å². The van der Waals surface area contributed by atoms with E-state index in [0.717, 1.165) is 103 Å². The van der Waals surface area contributed by atoms with Gasteiger partial charge in [0.05, 0.1) is 40.3 Å². The number of hydrogen-bond donors (Lipinski definition) is 0. The topological polar surface area (TPSA) is 111 Å². The van der Waals surface area contributed by atoms with E-state index in [0.29, 0.717) is 17.4 Å². The highest BCUT2D eigenvalue weighted by molar-refractivity contribution is 5.70. The van der Waals surface area contributed by atoms with Crippen LogP contribution in [0.15, 0.2) is 134 Å². The molecule has 0 bridgehead atoms. The first-order valence-electron chi connectivity index (χ1n) is 40.3. The molecule has 0 radical (unpaired) electrons. The van der Waals surface area contributed by atoms with E-state index in [4.69, 9.17) is 18.9 Å². The molecule has 0 aromatic heterocycles. The van der Waals surface area contributed by atoms with Crippen molar-refractivity contribution in [1.82, 2.24) is 0 Å². The maximum atomic E-state index is 13.0. The summed E-state index contributed by atoms with van der Waals surface area (Å²) in [4.78, 5) is 37.6. The molecule has 0 spiro atoms. The maximum Gasteiger partial charge on any atom is 0.306 e. The van der Waals surface area contributed by atoms with Crippen LogP contribution in [0.3, 0.4) is 0 Å². The fourth-order valence-corrected chi connectivity index (χ4v) is 11.3. The van der Waals surface area contributed by atoms with Gasteiger partial charge in [0.25, 0.3) is 0 Å². The molecule has 0 aliphatic heterocycles. The molecule has 0 saturated carbocycles. The minimum Gasteiger partial charge on any atom is -0.545 e. The second kappa shape index (κ2) is 77.2. The van der Waals surface area contributed by atoms with Crippen LogP contribution in [-0.4, -0.2) is 82.3 Å². The number of rotatable bonds is 74. The molecule has 2 unspecified atom stereocenters. The summed E-state index contributed by atoms with van der Waals surface area (Å²) >= 11 is 0. The first kappa shape index (κ1) is 92.4. The third kappa shape index (κ3) is 78.6. The number of carboxylic acids is 1. The summed E-state index contributed by atoms with van der Waals surface area (Å²) in [6.45, 7) is 4.65. The number of likely N-dealkylation sites (N-methyl/N-ethyl adjacent to an activating group) is 1. The predicted molar refractivity (Wildman–Crippen MR) is 416 cm³/mol. The highest BCUT2D eigenvalue weighted by atomic mass is 16.7. The number of ether oxygens (including phenoxy) is 4. The van der Waals surface area contributed by atoms with Gasteiger partial charge in [-0.1, -0.05) is 353 Å². The number of carboxylic acid groups (broad SMARTS) is 1. The number of esters is 2. The number of aliphatic carboxylic acids is 1. The molecular formula is C88H151NO8. The standard InChI is InChI=1S/C88H151NO8/c1-6-8-10-12-14-16-18-20-22-24-26-28-30-32-34-36-38-40-41-42-43-44-45-47-49-51-53-55-57-59-61-63-65-67-69-71-73-75-77-79-86(91)97-84(83-96-88(87(92)93)94-81-80-89(3,4)5)82-95-85(90)78-76-74-72-70-68-66-64-62-60-58-56-54-52-50-48-46-39-37-35-33-31-29-27-25-23-21-19-17-15-13-11-9-7-2/h8,10,14,16,19-22,25-28,31-34,38,40,42-43,45,47,84,88H,6-7,9,11-13,15,17-18,23-24,29-30,35-37,39,41,44,46,48-83H2,1-5H3/b10-8-,16-14-,21-19-,22-20-,27-25-,28-26-,33-31-,34-32-,40-38-,43-42-,47-45-. The Morgan fingerprint density at radius 3 is 0.876 bits per heavy atom. The lowest BCUT2D eigenvalue weighted by Gasteiger charge is -2.26. The van der Waals surface area contributed by atoms with Crippen molar-refractivity contribution in [2.45, 2.75) is 360 Å². The van der Waals surface area contributed by atoms with Crippen molar-refractivity contribution < 1.29 is 42.9 Å². The van der Waals surface area contributed by atoms with E-state index in [-0.39, 0.29) is 38.6 Å².